The van der Waals surface area contributed by atoms with Crippen LogP contribution in [0.3, 0.4) is 0 Å². The average Bonchev–Trinajstić information content (AvgIpc) is 3.45. The highest BCUT2D eigenvalue weighted by Gasteiger charge is 2.26. The summed E-state index contributed by atoms with van der Waals surface area (Å²) in [7, 11) is 4.19. The summed E-state index contributed by atoms with van der Waals surface area (Å²) in [6, 6.07) is 10.9. The summed E-state index contributed by atoms with van der Waals surface area (Å²) in [6.45, 7) is 5.88. The maximum atomic E-state index is 6.37. The molecule has 0 bridgehead atoms. The van der Waals surface area contributed by atoms with E-state index < -0.39 is 0 Å². The molecule has 1 saturated heterocycles. The Bertz CT molecular complexity index is 1280. The first-order valence-electron chi connectivity index (χ1n) is 11.3. The van der Waals surface area contributed by atoms with Gasteiger partial charge >= 0.3 is 0 Å². The van der Waals surface area contributed by atoms with Crippen molar-refractivity contribution in [3.05, 3.63) is 48.4 Å². The lowest BCUT2D eigenvalue weighted by atomic mass is 9.91. The first-order chi connectivity index (χ1) is 15.9. The summed E-state index contributed by atoms with van der Waals surface area (Å²) in [5.74, 6) is 0.427. The Morgan fingerprint density at radius 1 is 1.12 bits per heavy atom. The van der Waals surface area contributed by atoms with Gasteiger partial charge in [-0.25, -0.2) is 14.2 Å². The summed E-state index contributed by atoms with van der Waals surface area (Å²) < 4.78 is 9.42. The molecule has 172 valence electrons. The van der Waals surface area contributed by atoms with Crippen LogP contribution in [0, 0.1) is 0 Å². The number of aromatic nitrogens is 6. The fourth-order valence-electron chi connectivity index (χ4n) is 4.42. The number of benzene rings is 1. The van der Waals surface area contributed by atoms with Gasteiger partial charge in [0, 0.05) is 29.9 Å². The van der Waals surface area contributed by atoms with E-state index >= 15 is 0 Å². The van der Waals surface area contributed by atoms with Crippen LogP contribution in [0.2, 0.25) is 0 Å². The van der Waals surface area contributed by atoms with Gasteiger partial charge in [-0.2, -0.15) is 5.10 Å². The van der Waals surface area contributed by atoms with Crippen LogP contribution in [0.5, 0.6) is 0 Å². The second-order valence-corrected chi connectivity index (χ2v) is 9.29. The Labute approximate surface area is 193 Å². The zero-order valence-electron chi connectivity index (χ0n) is 19.6. The molecule has 33 heavy (non-hydrogen) atoms. The molecule has 1 aromatic carbocycles. The van der Waals surface area contributed by atoms with Gasteiger partial charge < -0.3 is 15.4 Å². The van der Waals surface area contributed by atoms with Gasteiger partial charge in [-0.1, -0.05) is 23.4 Å². The van der Waals surface area contributed by atoms with Gasteiger partial charge in [-0.15, -0.1) is 5.10 Å². The van der Waals surface area contributed by atoms with E-state index in [9.17, 15) is 0 Å². The quantitative estimate of drug-likeness (QED) is 0.502. The second-order valence-electron chi connectivity index (χ2n) is 9.29. The van der Waals surface area contributed by atoms with E-state index in [-0.39, 0.29) is 11.6 Å². The molecule has 2 N–H and O–H groups in total. The van der Waals surface area contributed by atoms with Crippen LogP contribution in [-0.4, -0.2) is 61.8 Å². The van der Waals surface area contributed by atoms with Crippen LogP contribution in [0.15, 0.2) is 42.9 Å². The molecule has 9 nitrogen and oxygen atoms in total. The molecule has 0 amide bonds. The van der Waals surface area contributed by atoms with Crippen molar-refractivity contribution in [1.29, 1.82) is 0 Å². The molecule has 0 atom stereocenters. The van der Waals surface area contributed by atoms with Gasteiger partial charge in [0.1, 0.15) is 11.8 Å². The van der Waals surface area contributed by atoms with E-state index in [4.69, 9.17) is 10.5 Å². The van der Waals surface area contributed by atoms with Crippen molar-refractivity contribution < 1.29 is 4.74 Å². The molecule has 9 heteroatoms. The van der Waals surface area contributed by atoms with Crippen molar-refractivity contribution in [2.24, 2.45) is 0 Å². The van der Waals surface area contributed by atoms with E-state index in [1.54, 1.807) is 6.20 Å². The summed E-state index contributed by atoms with van der Waals surface area (Å²) in [5, 5.41) is 13.2. The monoisotopic (exact) mass is 446 g/mol. The van der Waals surface area contributed by atoms with Crippen molar-refractivity contribution in [3.8, 4) is 22.5 Å². The first-order valence-corrected chi connectivity index (χ1v) is 11.3. The van der Waals surface area contributed by atoms with Crippen molar-refractivity contribution >= 4 is 11.3 Å². The Balaban J connectivity index is 1.68. The number of hydrogen-bond acceptors (Lipinski definition) is 7. The number of fused-ring (bicyclic) bond motifs is 1. The molecule has 0 spiro atoms. The second kappa shape index (κ2) is 8.24. The van der Waals surface area contributed by atoms with E-state index in [0.29, 0.717) is 5.82 Å². The van der Waals surface area contributed by atoms with Crippen LogP contribution >= 0.6 is 0 Å². The van der Waals surface area contributed by atoms with Gasteiger partial charge in [0.05, 0.1) is 23.6 Å². The zero-order valence-corrected chi connectivity index (χ0v) is 19.6. The predicted octanol–water partition coefficient (Wildman–Crippen LogP) is 3.39. The highest BCUT2D eigenvalue weighted by molar-refractivity contribution is 5.90. The molecule has 0 radical (unpaired) electrons. The van der Waals surface area contributed by atoms with Crippen molar-refractivity contribution in [2.45, 2.75) is 38.3 Å². The van der Waals surface area contributed by atoms with Crippen molar-refractivity contribution in [1.82, 2.24) is 34.5 Å². The van der Waals surface area contributed by atoms with Crippen molar-refractivity contribution in [3.63, 3.8) is 0 Å². The normalized spacial score (nSPS) is 15.5. The third-order valence-corrected chi connectivity index (χ3v) is 6.95. The minimum absolute atomic E-state index is 0.120. The number of anilines is 1. The number of hydrogen-bond donors (Lipinski definition) is 1. The van der Waals surface area contributed by atoms with E-state index in [2.05, 4.69) is 83.6 Å². The molecular formula is C24H30N8O. The maximum Gasteiger partial charge on any atom is 0.152 e. The summed E-state index contributed by atoms with van der Waals surface area (Å²) in [5.41, 5.74) is 12.1. The molecule has 1 aliphatic heterocycles. The van der Waals surface area contributed by atoms with Gasteiger partial charge in [0.2, 0.25) is 0 Å². The largest absolute Gasteiger partial charge is 0.382 e. The molecular weight excluding hydrogens is 416 g/mol. The third-order valence-electron chi connectivity index (χ3n) is 6.95. The SMILES string of the molecule is CN(C)C(C)(C)c1cccc(-c2cc(-c3cnnn3C3CCOCC3)c3c(N)ncnn23)c1. The highest BCUT2D eigenvalue weighted by atomic mass is 16.5. The van der Waals surface area contributed by atoms with Crippen LogP contribution in [-0.2, 0) is 10.3 Å². The number of nitrogen functional groups attached to an aromatic ring is 1. The highest BCUT2D eigenvalue weighted by Crippen LogP contribution is 2.37. The van der Waals surface area contributed by atoms with Gasteiger partial charge in [0.15, 0.2) is 5.82 Å². The number of rotatable bonds is 5. The Hall–Kier alpha value is -3.30. The molecule has 5 rings (SSSR count). The summed E-state index contributed by atoms with van der Waals surface area (Å²) in [4.78, 5) is 6.49. The van der Waals surface area contributed by atoms with Crippen LogP contribution in [0.1, 0.15) is 38.3 Å². The van der Waals surface area contributed by atoms with Gasteiger partial charge in [-0.3, -0.25) is 0 Å². The molecule has 0 unspecified atom stereocenters. The van der Waals surface area contributed by atoms with Gasteiger partial charge in [-0.05, 0) is 58.5 Å². The van der Waals surface area contributed by atoms with Gasteiger partial charge in [0.25, 0.3) is 0 Å². The van der Waals surface area contributed by atoms with Crippen LogP contribution in [0.25, 0.3) is 28.0 Å². The van der Waals surface area contributed by atoms with Crippen LogP contribution in [0.4, 0.5) is 5.82 Å². The fourth-order valence-corrected chi connectivity index (χ4v) is 4.42. The topological polar surface area (TPSA) is 99.4 Å². The summed E-state index contributed by atoms with van der Waals surface area (Å²) in [6.07, 6.45) is 5.11. The predicted molar refractivity (Wildman–Crippen MR) is 128 cm³/mol. The smallest absolute Gasteiger partial charge is 0.152 e. The molecule has 3 aromatic heterocycles. The lowest BCUT2D eigenvalue weighted by molar-refractivity contribution is 0.0662. The summed E-state index contributed by atoms with van der Waals surface area (Å²) >= 11 is 0. The minimum Gasteiger partial charge on any atom is -0.382 e. The number of nitrogens with zero attached hydrogens (tertiary/aromatic N) is 7. The Kier molecular flexibility index (Phi) is 5.38. The number of nitrogens with two attached hydrogens (primary N) is 1. The van der Waals surface area contributed by atoms with E-state index in [0.717, 1.165) is 54.1 Å². The maximum absolute atomic E-state index is 6.37. The number of ether oxygens (including phenoxy) is 1. The standard InChI is InChI=1S/C24H30N8O/c1-24(2,30(3)4)17-7-5-6-16(12-17)20-13-19(22-23(25)26-15-28-32(20)22)21-14-27-29-31(21)18-8-10-33-11-9-18/h5-7,12-15,18H,8-11H2,1-4H3,(H2,25,26,28). The molecule has 1 fully saturated rings. The molecule has 4 heterocycles. The zero-order chi connectivity index (χ0) is 23.2. The molecule has 0 saturated carbocycles. The average molecular weight is 447 g/mol. The van der Waals surface area contributed by atoms with E-state index in [1.807, 2.05) is 9.20 Å². The molecule has 4 aromatic rings. The van der Waals surface area contributed by atoms with Crippen LogP contribution < -0.4 is 5.73 Å². The molecule has 0 aliphatic carbocycles. The lowest BCUT2D eigenvalue weighted by Gasteiger charge is -2.33. The first kappa shape index (κ1) is 21.5. The lowest BCUT2D eigenvalue weighted by Crippen LogP contribution is -2.35. The Morgan fingerprint density at radius 3 is 2.67 bits per heavy atom. The van der Waals surface area contributed by atoms with E-state index in [1.165, 1.54) is 11.9 Å². The fraction of sp³-hybridized carbons (Fsp3) is 0.417. The molecule has 1 aliphatic rings. The Morgan fingerprint density at radius 2 is 1.91 bits per heavy atom. The minimum atomic E-state index is -0.120. The third kappa shape index (κ3) is 3.67. The van der Waals surface area contributed by atoms with Crippen molar-refractivity contribution in [2.75, 3.05) is 33.0 Å².